The van der Waals surface area contributed by atoms with Crippen LogP contribution in [0.3, 0.4) is 0 Å². The number of nitrogens with zero attached hydrogens (tertiary/aromatic N) is 2. The van der Waals surface area contributed by atoms with E-state index in [0.29, 0.717) is 5.69 Å². The number of halogens is 2. The fourth-order valence-corrected chi connectivity index (χ4v) is 3.84. The van der Waals surface area contributed by atoms with Crippen LogP contribution >= 0.6 is 11.6 Å². The van der Waals surface area contributed by atoms with Gasteiger partial charge in [-0.2, -0.15) is 0 Å². The van der Waals surface area contributed by atoms with Crippen LogP contribution in [0.15, 0.2) is 67.0 Å². The smallest absolute Gasteiger partial charge is 0.245 e. The van der Waals surface area contributed by atoms with Crippen molar-refractivity contribution < 1.29 is 17.6 Å². The number of sulfonamides is 1. The van der Waals surface area contributed by atoms with E-state index >= 15 is 0 Å². The summed E-state index contributed by atoms with van der Waals surface area (Å²) in [5.41, 5.74) is 2.80. The summed E-state index contributed by atoms with van der Waals surface area (Å²) in [5, 5.41) is 2.44. The number of anilines is 2. The quantitative estimate of drug-likeness (QED) is 0.596. The third-order valence-corrected chi connectivity index (χ3v) is 5.70. The van der Waals surface area contributed by atoms with Gasteiger partial charge in [0.25, 0.3) is 0 Å². The van der Waals surface area contributed by atoms with Crippen molar-refractivity contribution in [1.29, 1.82) is 0 Å². The van der Waals surface area contributed by atoms with Crippen molar-refractivity contribution in [2.75, 3.05) is 22.4 Å². The number of aromatic nitrogens is 1. The standard InChI is InChI=1S/C21H19ClFN3O3S/c1-30(28,29)26(18-6-7-20(23)19(22)13-18)14-21(27)25-17-4-2-15(3-5-17)12-16-8-10-24-11-9-16/h2-11,13H,12,14H2,1H3,(H,25,27). The number of amides is 1. The molecular formula is C21H19ClFN3O3S. The second-order valence-corrected chi connectivity index (χ2v) is 8.96. The first kappa shape index (κ1) is 21.7. The lowest BCUT2D eigenvalue weighted by Gasteiger charge is -2.22. The van der Waals surface area contributed by atoms with Gasteiger partial charge in [-0.1, -0.05) is 23.7 Å². The Balaban J connectivity index is 1.68. The molecule has 0 aliphatic heterocycles. The summed E-state index contributed by atoms with van der Waals surface area (Å²) in [6, 6.07) is 14.6. The van der Waals surface area contributed by atoms with Crippen LogP contribution in [-0.4, -0.2) is 32.1 Å². The van der Waals surface area contributed by atoms with E-state index in [1.165, 1.54) is 12.1 Å². The summed E-state index contributed by atoms with van der Waals surface area (Å²) < 4.78 is 38.5. The van der Waals surface area contributed by atoms with Crippen LogP contribution in [0, 0.1) is 5.82 Å². The van der Waals surface area contributed by atoms with E-state index in [0.717, 1.165) is 34.2 Å². The molecule has 1 amide bonds. The maximum atomic E-state index is 13.4. The Morgan fingerprint density at radius 1 is 1.07 bits per heavy atom. The largest absolute Gasteiger partial charge is 0.325 e. The lowest BCUT2D eigenvalue weighted by atomic mass is 10.1. The highest BCUT2D eigenvalue weighted by molar-refractivity contribution is 7.92. The first-order valence-corrected chi connectivity index (χ1v) is 11.2. The number of hydrogen-bond donors (Lipinski definition) is 1. The Morgan fingerprint density at radius 3 is 2.30 bits per heavy atom. The summed E-state index contributed by atoms with van der Waals surface area (Å²) in [7, 11) is -3.79. The normalized spacial score (nSPS) is 11.2. The van der Waals surface area contributed by atoms with E-state index in [1.807, 2.05) is 24.3 Å². The number of pyridine rings is 1. The molecule has 156 valence electrons. The molecule has 1 N–H and O–H groups in total. The number of carbonyl (C=O) groups excluding carboxylic acids is 1. The minimum absolute atomic E-state index is 0.103. The Bertz CT molecular complexity index is 1140. The molecule has 3 rings (SSSR count). The summed E-state index contributed by atoms with van der Waals surface area (Å²) in [4.78, 5) is 16.4. The van der Waals surface area contributed by atoms with Crippen molar-refractivity contribution in [1.82, 2.24) is 4.98 Å². The van der Waals surface area contributed by atoms with E-state index in [2.05, 4.69) is 10.3 Å². The molecule has 0 atom stereocenters. The zero-order valence-corrected chi connectivity index (χ0v) is 17.6. The number of hydrogen-bond acceptors (Lipinski definition) is 4. The lowest BCUT2D eigenvalue weighted by Crippen LogP contribution is -2.37. The molecular weight excluding hydrogens is 429 g/mol. The van der Waals surface area contributed by atoms with Crippen LogP contribution in [0.25, 0.3) is 0 Å². The Labute approximate surface area is 179 Å². The van der Waals surface area contributed by atoms with Gasteiger partial charge in [-0.05, 0) is 60.0 Å². The highest BCUT2D eigenvalue weighted by atomic mass is 35.5. The van der Waals surface area contributed by atoms with Gasteiger partial charge >= 0.3 is 0 Å². The maximum Gasteiger partial charge on any atom is 0.245 e. The molecule has 0 saturated heterocycles. The highest BCUT2D eigenvalue weighted by Crippen LogP contribution is 2.24. The predicted molar refractivity (Wildman–Crippen MR) is 116 cm³/mol. The second-order valence-electron chi connectivity index (χ2n) is 6.65. The van der Waals surface area contributed by atoms with E-state index in [4.69, 9.17) is 11.6 Å². The van der Waals surface area contributed by atoms with Gasteiger partial charge in [-0.3, -0.25) is 14.1 Å². The first-order chi connectivity index (χ1) is 14.2. The van der Waals surface area contributed by atoms with Crippen molar-refractivity contribution >= 4 is 38.9 Å². The molecule has 0 bridgehead atoms. The van der Waals surface area contributed by atoms with Gasteiger partial charge in [-0.15, -0.1) is 0 Å². The molecule has 1 aromatic heterocycles. The Morgan fingerprint density at radius 2 is 1.70 bits per heavy atom. The van der Waals surface area contributed by atoms with Crippen LogP contribution in [0.5, 0.6) is 0 Å². The van der Waals surface area contributed by atoms with Crippen molar-refractivity contribution in [3.8, 4) is 0 Å². The minimum atomic E-state index is -3.79. The van der Waals surface area contributed by atoms with Gasteiger partial charge in [-0.25, -0.2) is 12.8 Å². The first-order valence-electron chi connectivity index (χ1n) is 8.93. The average molecular weight is 448 g/mol. The van der Waals surface area contributed by atoms with Gasteiger partial charge < -0.3 is 5.32 Å². The predicted octanol–water partition coefficient (Wildman–Crippen LogP) is 3.87. The minimum Gasteiger partial charge on any atom is -0.325 e. The number of carbonyl (C=O) groups is 1. The summed E-state index contributed by atoms with van der Waals surface area (Å²) in [6.45, 7) is -0.473. The third-order valence-electron chi connectivity index (χ3n) is 4.27. The molecule has 6 nitrogen and oxygen atoms in total. The molecule has 0 aliphatic rings. The molecule has 9 heteroatoms. The number of rotatable bonds is 7. The van der Waals surface area contributed by atoms with Crippen LogP contribution in [-0.2, 0) is 21.2 Å². The van der Waals surface area contributed by atoms with Crippen molar-refractivity contribution in [2.45, 2.75) is 6.42 Å². The fraction of sp³-hybridized carbons (Fsp3) is 0.143. The molecule has 0 unspecified atom stereocenters. The maximum absolute atomic E-state index is 13.4. The van der Waals surface area contributed by atoms with Gasteiger partial charge in [0, 0.05) is 18.1 Å². The SMILES string of the molecule is CS(=O)(=O)N(CC(=O)Nc1ccc(Cc2ccncc2)cc1)c1ccc(F)c(Cl)c1. The number of benzene rings is 2. The van der Waals surface area contributed by atoms with Crippen LogP contribution in [0.4, 0.5) is 15.8 Å². The van der Waals surface area contributed by atoms with Crippen molar-refractivity contribution in [3.05, 3.63) is 89.0 Å². The van der Waals surface area contributed by atoms with E-state index in [1.54, 1.807) is 24.5 Å². The number of nitrogens with one attached hydrogen (secondary N) is 1. The molecule has 30 heavy (non-hydrogen) atoms. The fourth-order valence-electron chi connectivity index (χ4n) is 2.81. The molecule has 3 aromatic rings. The Hall–Kier alpha value is -2.97. The van der Waals surface area contributed by atoms with Gasteiger partial charge in [0.1, 0.15) is 12.4 Å². The topological polar surface area (TPSA) is 79.4 Å². The van der Waals surface area contributed by atoms with E-state index in [9.17, 15) is 17.6 Å². The zero-order chi connectivity index (χ0) is 21.7. The van der Waals surface area contributed by atoms with E-state index in [-0.39, 0.29) is 10.7 Å². The lowest BCUT2D eigenvalue weighted by molar-refractivity contribution is -0.114. The molecule has 0 aliphatic carbocycles. The monoisotopic (exact) mass is 447 g/mol. The summed E-state index contributed by atoms with van der Waals surface area (Å²) in [5.74, 6) is -1.21. The molecule has 0 fully saturated rings. The molecule has 1 heterocycles. The third kappa shape index (κ3) is 5.77. The van der Waals surface area contributed by atoms with Gasteiger partial charge in [0.15, 0.2) is 0 Å². The highest BCUT2D eigenvalue weighted by Gasteiger charge is 2.22. The van der Waals surface area contributed by atoms with Crippen LogP contribution in [0.2, 0.25) is 5.02 Å². The Kier molecular flexibility index (Phi) is 6.69. The second kappa shape index (κ2) is 9.23. The molecule has 0 spiro atoms. The average Bonchev–Trinajstić information content (AvgIpc) is 2.70. The molecule has 0 radical (unpaired) electrons. The van der Waals surface area contributed by atoms with Gasteiger partial charge in [0.05, 0.1) is 17.0 Å². The van der Waals surface area contributed by atoms with E-state index < -0.39 is 28.3 Å². The molecule has 2 aromatic carbocycles. The molecule has 0 saturated carbocycles. The van der Waals surface area contributed by atoms with Crippen molar-refractivity contribution in [2.24, 2.45) is 0 Å². The van der Waals surface area contributed by atoms with Crippen molar-refractivity contribution in [3.63, 3.8) is 0 Å². The van der Waals surface area contributed by atoms with Gasteiger partial charge in [0.2, 0.25) is 15.9 Å². The van der Waals surface area contributed by atoms with Crippen LogP contribution < -0.4 is 9.62 Å². The summed E-state index contributed by atoms with van der Waals surface area (Å²) >= 11 is 5.75. The zero-order valence-electron chi connectivity index (χ0n) is 16.0. The summed E-state index contributed by atoms with van der Waals surface area (Å²) in [6.07, 6.45) is 5.15. The van der Waals surface area contributed by atoms with Crippen LogP contribution in [0.1, 0.15) is 11.1 Å².